The molecule has 1 fully saturated rings. The third-order valence-corrected chi connectivity index (χ3v) is 4.55. The summed E-state index contributed by atoms with van der Waals surface area (Å²) in [6.07, 6.45) is -4.69. The molecule has 2 amide bonds. The average molecular weight is 396 g/mol. The van der Waals surface area contributed by atoms with Gasteiger partial charge in [-0.1, -0.05) is 6.07 Å². The van der Waals surface area contributed by atoms with E-state index in [4.69, 9.17) is 0 Å². The van der Waals surface area contributed by atoms with Gasteiger partial charge in [0.2, 0.25) is 11.8 Å². The monoisotopic (exact) mass is 395 g/mol. The van der Waals surface area contributed by atoms with Crippen LogP contribution in [-0.4, -0.2) is 30.6 Å². The Balaban J connectivity index is 0.00000243. The van der Waals surface area contributed by atoms with Crippen LogP contribution in [0.5, 0.6) is 0 Å². The van der Waals surface area contributed by atoms with Gasteiger partial charge in [0.15, 0.2) is 0 Å². The molecule has 0 saturated carbocycles. The van der Waals surface area contributed by atoms with Crippen molar-refractivity contribution in [1.29, 1.82) is 0 Å². The number of amides is 2. The number of carbonyl (C=O) groups excluding carboxylic acids is 2. The topological polar surface area (TPSA) is 70.2 Å². The van der Waals surface area contributed by atoms with Crippen LogP contribution in [0.1, 0.15) is 24.0 Å². The molecule has 10 heteroatoms. The Morgan fingerprint density at radius 2 is 1.96 bits per heavy atom. The van der Waals surface area contributed by atoms with Gasteiger partial charge in [0, 0.05) is 6.54 Å². The van der Waals surface area contributed by atoms with Crippen molar-refractivity contribution in [3.8, 4) is 0 Å². The highest BCUT2D eigenvalue weighted by Gasteiger charge is 2.46. The summed E-state index contributed by atoms with van der Waals surface area (Å²) in [6.45, 7) is 1.15. The summed E-state index contributed by atoms with van der Waals surface area (Å²) in [7, 11) is 0. The first-order valence-corrected chi connectivity index (χ1v) is 7.96. The number of benzene rings is 1. The van der Waals surface area contributed by atoms with Crippen LogP contribution in [0.3, 0.4) is 0 Å². The molecule has 2 heterocycles. The van der Waals surface area contributed by atoms with Crippen LogP contribution in [0.4, 0.5) is 23.2 Å². The highest BCUT2D eigenvalue weighted by Crippen LogP contribution is 2.30. The van der Waals surface area contributed by atoms with Crippen molar-refractivity contribution < 1.29 is 27.2 Å². The fourth-order valence-electron chi connectivity index (χ4n) is 3.15. The maximum atomic E-state index is 14.5. The van der Waals surface area contributed by atoms with E-state index in [1.807, 2.05) is 5.32 Å². The molecular formula is C16H18ClF4N3O2. The van der Waals surface area contributed by atoms with Gasteiger partial charge in [-0.2, -0.15) is 13.2 Å². The second-order valence-electron chi connectivity index (χ2n) is 6.21. The highest BCUT2D eigenvalue weighted by atomic mass is 35.5. The predicted octanol–water partition coefficient (Wildman–Crippen LogP) is 2.29. The van der Waals surface area contributed by atoms with Gasteiger partial charge in [-0.05, 0) is 43.0 Å². The SMILES string of the molecule is Cl.O=C(Nc1ccc2c(c1F)CCNC2)C1CCC(C(F)(F)F)NC1=O. The number of rotatable bonds is 2. The molecule has 2 atom stereocenters. The molecule has 0 spiro atoms. The third-order valence-electron chi connectivity index (χ3n) is 4.55. The molecule has 0 aromatic heterocycles. The van der Waals surface area contributed by atoms with Crippen molar-refractivity contribution in [2.75, 3.05) is 11.9 Å². The first kappa shape index (κ1) is 20.4. The summed E-state index contributed by atoms with van der Waals surface area (Å²) in [5.41, 5.74) is 1.24. The minimum atomic E-state index is -4.55. The standard InChI is InChI=1S/C16H17F4N3O2.ClH/c17-13-9-5-6-21-7-8(9)1-3-11(13)22-14(24)10-2-4-12(16(18,19)20)23-15(10)25;/h1,3,10,12,21H,2,4-7H2,(H,22,24)(H,23,25);1H. The molecule has 2 aliphatic rings. The fraction of sp³-hybridized carbons (Fsp3) is 0.500. The van der Waals surface area contributed by atoms with E-state index in [1.165, 1.54) is 6.07 Å². The Bertz CT molecular complexity index is 711. The molecule has 1 aromatic rings. The molecule has 5 nitrogen and oxygen atoms in total. The van der Waals surface area contributed by atoms with E-state index in [1.54, 1.807) is 6.07 Å². The van der Waals surface area contributed by atoms with Crippen LogP contribution in [-0.2, 0) is 22.6 Å². The van der Waals surface area contributed by atoms with Crippen LogP contribution in [0.2, 0.25) is 0 Å². The normalized spacial score (nSPS) is 22.7. The average Bonchev–Trinajstić information content (AvgIpc) is 2.56. The zero-order valence-corrected chi connectivity index (χ0v) is 14.4. The Hall–Kier alpha value is -1.87. The van der Waals surface area contributed by atoms with E-state index in [9.17, 15) is 27.2 Å². The van der Waals surface area contributed by atoms with Crippen LogP contribution >= 0.6 is 12.4 Å². The van der Waals surface area contributed by atoms with Gasteiger partial charge in [0.25, 0.3) is 0 Å². The number of fused-ring (bicyclic) bond motifs is 1. The van der Waals surface area contributed by atoms with Crippen molar-refractivity contribution in [2.24, 2.45) is 5.92 Å². The molecule has 0 bridgehead atoms. The van der Waals surface area contributed by atoms with Crippen molar-refractivity contribution >= 4 is 29.9 Å². The van der Waals surface area contributed by atoms with Crippen LogP contribution in [0.25, 0.3) is 0 Å². The first-order chi connectivity index (χ1) is 11.8. The maximum absolute atomic E-state index is 14.5. The van der Waals surface area contributed by atoms with Gasteiger partial charge < -0.3 is 16.0 Å². The third kappa shape index (κ3) is 4.09. The molecular weight excluding hydrogens is 378 g/mol. The van der Waals surface area contributed by atoms with Gasteiger partial charge in [-0.3, -0.25) is 9.59 Å². The first-order valence-electron chi connectivity index (χ1n) is 7.96. The quantitative estimate of drug-likeness (QED) is 0.531. The van der Waals surface area contributed by atoms with E-state index in [0.29, 0.717) is 25.1 Å². The number of anilines is 1. The summed E-state index contributed by atoms with van der Waals surface area (Å²) in [5.74, 6) is -3.62. The van der Waals surface area contributed by atoms with Gasteiger partial charge in [-0.15, -0.1) is 12.4 Å². The van der Waals surface area contributed by atoms with Crippen molar-refractivity contribution in [1.82, 2.24) is 10.6 Å². The molecule has 0 radical (unpaired) electrons. The van der Waals surface area contributed by atoms with Crippen molar-refractivity contribution in [2.45, 2.75) is 38.0 Å². The van der Waals surface area contributed by atoms with E-state index < -0.39 is 35.8 Å². The zero-order valence-electron chi connectivity index (χ0n) is 13.6. The Morgan fingerprint density at radius 3 is 2.62 bits per heavy atom. The number of piperidine rings is 1. The van der Waals surface area contributed by atoms with E-state index in [-0.39, 0.29) is 30.9 Å². The summed E-state index contributed by atoms with van der Waals surface area (Å²) in [5, 5.41) is 7.25. The maximum Gasteiger partial charge on any atom is 0.408 e. The second kappa shape index (κ2) is 7.79. The highest BCUT2D eigenvalue weighted by molar-refractivity contribution is 6.07. The zero-order chi connectivity index (χ0) is 18.2. The van der Waals surface area contributed by atoms with Gasteiger partial charge in [-0.25, -0.2) is 4.39 Å². The lowest BCUT2D eigenvalue weighted by Crippen LogP contribution is -2.53. The second-order valence-corrected chi connectivity index (χ2v) is 6.21. The lowest BCUT2D eigenvalue weighted by molar-refractivity contribution is -0.170. The predicted molar refractivity (Wildman–Crippen MR) is 88.4 cm³/mol. The van der Waals surface area contributed by atoms with Crippen molar-refractivity contribution in [3.63, 3.8) is 0 Å². The lowest BCUT2D eigenvalue weighted by atomic mass is 9.92. The number of halogens is 5. The minimum absolute atomic E-state index is 0. The van der Waals surface area contributed by atoms with Crippen molar-refractivity contribution in [3.05, 3.63) is 29.1 Å². The number of nitrogens with one attached hydrogen (secondary N) is 3. The summed E-state index contributed by atoms with van der Waals surface area (Å²) < 4.78 is 52.4. The van der Waals surface area contributed by atoms with Crippen LogP contribution < -0.4 is 16.0 Å². The summed E-state index contributed by atoms with van der Waals surface area (Å²) in [4.78, 5) is 24.0. The van der Waals surface area contributed by atoms with Gasteiger partial charge >= 0.3 is 6.18 Å². The molecule has 26 heavy (non-hydrogen) atoms. The van der Waals surface area contributed by atoms with Gasteiger partial charge in [0.05, 0.1) is 5.69 Å². The Morgan fingerprint density at radius 1 is 1.23 bits per heavy atom. The fourth-order valence-corrected chi connectivity index (χ4v) is 3.15. The van der Waals surface area contributed by atoms with E-state index in [2.05, 4.69) is 10.6 Å². The molecule has 1 saturated heterocycles. The number of hydrogen-bond acceptors (Lipinski definition) is 3. The number of carbonyl (C=O) groups is 2. The minimum Gasteiger partial charge on any atom is -0.344 e. The largest absolute Gasteiger partial charge is 0.408 e. The number of hydrogen-bond donors (Lipinski definition) is 3. The van der Waals surface area contributed by atoms with Crippen LogP contribution in [0.15, 0.2) is 12.1 Å². The molecule has 1 aromatic carbocycles. The lowest BCUT2D eigenvalue weighted by Gasteiger charge is -2.30. The van der Waals surface area contributed by atoms with E-state index in [0.717, 1.165) is 5.56 Å². The molecule has 3 N–H and O–H groups in total. The van der Waals surface area contributed by atoms with E-state index >= 15 is 0 Å². The molecule has 144 valence electrons. The smallest absolute Gasteiger partial charge is 0.344 e. The summed E-state index contributed by atoms with van der Waals surface area (Å²) in [6, 6.07) is 1.14. The van der Waals surface area contributed by atoms with Gasteiger partial charge in [0.1, 0.15) is 17.8 Å². The Labute approximate surface area is 153 Å². The van der Waals surface area contributed by atoms with Crippen LogP contribution in [0, 0.1) is 11.7 Å². The molecule has 3 rings (SSSR count). The molecule has 2 unspecified atom stereocenters. The Kier molecular flexibility index (Phi) is 6.13. The summed E-state index contributed by atoms with van der Waals surface area (Å²) >= 11 is 0. The number of alkyl halides is 3. The molecule has 0 aliphatic carbocycles. The molecule has 2 aliphatic heterocycles.